The zero-order chi connectivity index (χ0) is 29.8. The summed E-state index contributed by atoms with van der Waals surface area (Å²) in [6.07, 6.45) is 2.24. The van der Waals surface area contributed by atoms with Gasteiger partial charge in [0.1, 0.15) is 0 Å². The van der Waals surface area contributed by atoms with Crippen molar-refractivity contribution in [2.24, 2.45) is 0 Å². The fourth-order valence-electron chi connectivity index (χ4n) is 2.39. The second-order valence-corrected chi connectivity index (χ2v) is 8.54. The molecule has 0 aliphatic heterocycles. The van der Waals surface area contributed by atoms with E-state index in [-0.39, 0.29) is 6.61 Å². The molecule has 0 heterocycles. The van der Waals surface area contributed by atoms with E-state index in [4.69, 9.17) is 70.0 Å². The van der Waals surface area contributed by atoms with Crippen molar-refractivity contribution in [2.75, 3.05) is 139 Å². The first kappa shape index (κ1) is 41.6. The highest BCUT2D eigenvalue weighted by atomic mass is 32.3. The van der Waals surface area contributed by atoms with Crippen LogP contribution in [0.4, 0.5) is 0 Å². The summed E-state index contributed by atoms with van der Waals surface area (Å²) in [5, 5.41) is 8.55. The fraction of sp³-hybridized carbons (Fsp3) is 1.00. The topological polar surface area (TPSA) is 187 Å². The van der Waals surface area contributed by atoms with Crippen LogP contribution in [0.2, 0.25) is 0 Å². The van der Waals surface area contributed by atoms with Crippen LogP contribution in [-0.4, -0.2) is 161 Å². The van der Waals surface area contributed by atoms with Crippen molar-refractivity contribution >= 4 is 10.4 Å². The average molecular weight is 613 g/mol. The van der Waals surface area contributed by atoms with E-state index >= 15 is 0 Å². The fourth-order valence-corrected chi connectivity index (χ4v) is 2.39. The van der Waals surface area contributed by atoms with Gasteiger partial charge in [-0.1, -0.05) is 13.3 Å². The Kier molecular flexibility index (Phi) is 37.9. The third kappa shape index (κ3) is 50.3. The van der Waals surface area contributed by atoms with E-state index in [0.717, 1.165) is 19.4 Å². The van der Waals surface area contributed by atoms with Crippen LogP contribution in [0.3, 0.4) is 0 Å². The zero-order valence-electron chi connectivity index (χ0n) is 23.9. The molecule has 0 amide bonds. The molecule has 0 unspecified atom stereocenters. The second-order valence-electron chi connectivity index (χ2n) is 7.65. The van der Waals surface area contributed by atoms with Crippen molar-refractivity contribution in [1.82, 2.24) is 0 Å². The number of hydrogen-bond acceptors (Lipinski definition) is 13. The minimum absolute atomic E-state index is 0.0302. The minimum atomic E-state index is -4.67. The van der Waals surface area contributed by atoms with Crippen molar-refractivity contribution < 1.29 is 70.0 Å². The Labute approximate surface area is 239 Å². The van der Waals surface area contributed by atoms with Gasteiger partial charge in [-0.2, -0.15) is 8.42 Å². The lowest BCUT2D eigenvalue weighted by Gasteiger charge is -2.09. The lowest BCUT2D eigenvalue weighted by molar-refractivity contribution is -0.0268. The van der Waals surface area contributed by atoms with Crippen LogP contribution in [0.25, 0.3) is 0 Å². The lowest BCUT2D eigenvalue weighted by atomic mass is 10.4. The molecule has 0 radical (unpaired) electrons. The highest BCUT2D eigenvalue weighted by molar-refractivity contribution is 7.79. The molecule has 40 heavy (non-hydrogen) atoms. The van der Waals surface area contributed by atoms with Gasteiger partial charge in [0.15, 0.2) is 0 Å². The van der Waals surface area contributed by atoms with Crippen LogP contribution >= 0.6 is 0 Å². The molecule has 16 heteroatoms. The summed E-state index contributed by atoms with van der Waals surface area (Å²) >= 11 is 0. The van der Waals surface area contributed by atoms with E-state index in [0.29, 0.717) is 126 Å². The summed E-state index contributed by atoms with van der Waals surface area (Å²) in [5.41, 5.74) is 0. The number of rotatable bonds is 32. The second kappa shape index (κ2) is 36.5. The first-order chi connectivity index (χ1) is 19.4. The molecule has 0 aliphatic carbocycles. The molecule has 0 aliphatic rings. The highest BCUT2D eigenvalue weighted by Gasteiger charge is 1.96. The van der Waals surface area contributed by atoms with E-state index in [1.807, 2.05) is 0 Å². The number of unbranched alkanes of at least 4 members (excludes halogenated alkanes) is 1. The van der Waals surface area contributed by atoms with Crippen LogP contribution in [0.5, 0.6) is 0 Å². The summed E-state index contributed by atoms with van der Waals surface area (Å²) < 4.78 is 85.4. The van der Waals surface area contributed by atoms with Crippen molar-refractivity contribution in [3.63, 3.8) is 0 Å². The Morgan fingerprint density at radius 1 is 0.400 bits per heavy atom. The van der Waals surface area contributed by atoms with Crippen LogP contribution in [0.15, 0.2) is 0 Å². The van der Waals surface area contributed by atoms with Crippen LogP contribution < -0.4 is 0 Å². The first-order valence-corrected chi connectivity index (χ1v) is 14.9. The summed E-state index contributed by atoms with van der Waals surface area (Å²) in [6.45, 7) is 12.9. The molecule has 0 aromatic heterocycles. The number of hydrogen-bond donors (Lipinski definition) is 3. The molecule has 244 valence electrons. The molecule has 3 N–H and O–H groups in total. The highest BCUT2D eigenvalue weighted by Crippen LogP contribution is 1.89. The van der Waals surface area contributed by atoms with Crippen molar-refractivity contribution in [1.29, 1.82) is 0 Å². The number of aliphatic hydroxyl groups excluding tert-OH is 1. The third-order valence-corrected chi connectivity index (χ3v) is 4.23. The normalized spacial score (nSPS) is 11.5. The number of ether oxygens (including phenoxy) is 10. The van der Waals surface area contributed by atoms with Crippen molar-refractivity contribution in [2.45, 2.75) is 19.8 Å². The largest absolute Gasteiger partial charge is 0.394 e. The van der Waals surface area contributed by atoms with Gasteiger partial charge in [-0.15, -0.1) is 0 Å². The van der Waals surface area contributed by atoms with Gasteiger partial charge in [-0.05, 0) is 6.42 Å². The Balaban J connectivity index is 0. The van der Waals surface area contributed by atoms with E-state index < -0.39 is 10.4 Å². The monoisotopic (exact) mass is 612 g/mol. The molecule has 0 saturated carbocycles. The summed E-state index contributed by atoms with van der Waals surface area (Å²) in [5.74, 6) is 0. The quantitative estimate of drug-likeness (QED) is 0.0694. The standard InChI is InChI=1S/C24H50O11.H2O4S/c1-2-3-5-26-7-9-28-11-13-30-15-17-32-19-21-34-23-24-35-22-20-33-18-16-31-14-12-29-10-8-27-6-4-25;1-5(2,3)4/h25H,2-24H2,1H3;(H2,1,2,3,4). The molecular weight excluding hydrogens is 560 g/mol. The van der Waals surface area contributed by atoms with Crippen molar-refractivity contribution in [3.8, 4) is 0 Å². The molecule has 15 nitrogen and oxygen atoms in total. The van der Waals surface area contributed by atoms with E-state index in [1.165, 1.54) is 0 Å². The van der Waals surface area contributed by atoms with Gasteiger partial charge in [0.2, 0.25) is 0 Å². The Morgan fingerprint density at radius 3 is 0.750 bits per heavy atom. The van der Waals surface area contributed by atoms with Crippen molar-refractivity contribution in [3.05, 3.63) is 0 Å². The van der Waals surface area contributed by atoms with Gasteiger partial charge < -0.3 is 52.5 Å². The van der Waals surface area contributed by atoms with Gasteiger partial charge in [-0.25, -0.2) is 0 Å². The molecule has 0 aromatic carbocycles. The Hall–Kier alpha value is -0.570. The van der Waals surface area contributed by atoms with E-state index in [1.54, 1.807) is 0 Å². The zero-order valence-corrected chi connectivity index (χ0v) is 24.7. The maximum atomic E-state index is 8.74. The molecule has 0 atom stereocenters. The summed E-state index contributed by atoms with van der Waals surface area (Å²) in [6, 6.07) is 0. The van der Waals surface area contributed by atoms with Gasteiger partial charge >= 0.3 is 10.4 Å². The molecule has 0 saturated heterocycles. The van der Waals surface area contributed by atoms with Gasteiger partial charge in [0.25, 0.3) is 0 Å². The summed E-state index contributed by atoms with van der Waals surface area (Å²) in [7, 11) is -4.67. The van der Waals surface area contributed by atoms with Crippen LogP contribution in [-0.2, 0) is 57.8 Å². The number of aliphatic hydroxyl groups is 1. The summed E-state index contributed by atoms with van der Waals surface area (Å²) in [4.78, 5) is 0. The predicted molar refractivity (Wildman–Crippen MR) is 144 cm³/mol. The Morgan fingerprint density at radius 2 is 0.575 bits per heavy atom. The molecule has 0 bridgehead atoms. The van der Waals surface area contributed by atoms with Crippen LogP contribution in [0, 0.1) is 0 Å². The Bertz CT molecular complexity index is 514. The first-order valence-electron chi connectivity index (χ1n) is 13.5. The van der Waals surface area contributed by atoms with Gasteiger partial charge in [-0.3, -0.25) is 9.11 Å². The van der Waals surface area contributed by atoms with Gasteiger partial charge in [0.05, 0.1) is 132 Å². The van der Waals surface area contributed by atoms with Gasteiger partial charge in [0, 0.05) is 6.61 Å². The van der Waals surface area contributed by atoms with E-state index in [9.17, 15) is 0 Å². The maximum absolute atomic E-state index is 8.74. The predicted octanol–water partition coefficient (Wildman–Crippen LogP) is 0.292. The van der Waals surface area contributed by atoms with E-state index in [2.05, 4.69) is 6.92 Å². The van der Waals surface area contributed by atoms with Crippen LogP contribution in [0.1, 0.15) is 19.8 Å². The smallest absolute Gasteiger partial charge is 0.394 e. The molecule has 0 fully saturated rings. The molecule has 0 aromatic rings. The lowest BCUT2D eigenvalue weighted by Crippen LogP contribution is -2.15. The molecular formula is C24H52O15S. The SMILES string of the molecule is CCCCOCCOCCOCCOCCOCCOCCOCCOCCOCCOCCO.O=S(=O)(O)O. The average Bonchev–Trinajstić information content (AvgIpc) is 2.91. The minimum Gasteiger partial charge on any atom is -0.394 e. The molecule has 0 rings (SSSR count). The third-order valence-electron chi connectivity index (χ3n) is 4.23. The molecule has 0 spiro atoms. The maximum Gasteiger partial charge on any atom is 0.394 e.